The molecule has 0 bridgehead atoms. The summed E-state index contributed by atoms with van der Waals surface area (Å²) in [5.74, 6) is -0.768. The maximum Gasteiger partial charge on any atom is 0.268 e. The second kappa shape index (κ2) is 7.17. The molecule has 0 atom stereocenters. The number of aromatic nitrogens is 3. The molecule has 0 saturated carbocycles. The average molecular weight is 372 g/mol. The fraction of sp³-hybridized carbons (Fsp3) is 0.222. The van der Waals surface area contributed by atoms with Crippen LogP contribution in [0.25, 0.3) is 5.69 Å². The third kappa shape index (κ3) is 3.41. The summed E-state index contributed by atoms with van der Waals surface area (Å²) in [5, 5.41) is 3.93. The Morgan fingerprint density at radius 2 is 1.92 bits per heavy atom. The largest absolute Gasteiger partial charge is 0.336 e. The molecular weight excluding hydrogens is 355 g/mol. The van der Waals surface area contributed by atoms with Crippen molar-refractivity contribution in [3.8, 4) is 5.69 Å². The minimum absolute atomic E-state index is 0.0921. The van der Waals surface area contributed by atoms with Gasteiger partial charge in [0.15, 0.2) is 0 Å². The van der Waals surface area contributed by atoms with Crippen molar-refractivity contribution in [2.75, 3.05) is 7.05 Å². The number of halogens is 1. The molecule has 0 aliphatic rings. The molecule has 0 N–H and O–H groups in total. The number of aryl methyl sites for hydroxylation is 2. The van der Waals surface area contributed by atoms with Gasteiger partial charge in [0, 0.05) is 18.9 Å². The van der Waals surface area contributed by atoms with Crippen molar-refractivity contribution in [1.82, 2.24) is 19.1 Å². The van der Waals surface area contributed by atoms with Gasteiger partial charge in [0.2, 0.25) is 0 Å². The van der Waals surface area contributed by atoms with Gasteiger partial charge >= 0.3 is 0 Å². The van der Waals surface area contributed by atoms with Gasteiger partial charge in [-0.25, -0.2) is 4.39 Å². The van der Waals surface area contributed by atoms with Crippen molar-refractivity contribution in [3.63, 3.8) is 0 Å². The first kappa shape index (κ1) is 17.9. The molecule has 26 heavy (non-hydrogen) atoms. The summed E-state index contributed by atoms with van der Waals surface area (Å²) in [6.45, 7) is 3.87. The van der Waals surface area contributed by atoms with E-state index >= 15 is 0 Å². The zero-order valence-corrected chi connectivity index (χ0v) is 15.4. The van der Waals surface area contributed by atoms with E-state index in [1.54, 1.807) is 26.2 Å². The van der Waals surface area contributed by atoms with E-state index in [1.807, 2.05) is 6.92 Å². The van der Waals surface area contributed by atoms with Crippen LogP contribution in [0.2, 0.25) is 0 Å². The van der Waals surface area contributed by atoms with Crippen LogP contribution in [0.5, 0.6) is 0 Å². The van der Waals surface area contributed by atoms with Crippen LogP contribution < -0.4 is 5.56 Å². The smallest absolute Gasteiger partial charge is 0.268 e. The predicted molar refractivity (Wildman–Crippen MR) is 97.2 cm³/mol. The van der Waals surface area contributed by atoms with Gasteiger partial charge < -0.3 is 4.90 Å². The SMILES string of the molecule is Cc1ccn(-c2ccc(F)cc2)c(=O)c1C(=O)N(C)Cc1snnc1C. The van der Waals surface area contributed by atoms with Crippen LogP contribution in [0, 0.1) is 19.7 Å². The highest BCUT2D eigenvalue weighted by atomic mass is 32.1. The van der Waals surface area contributed by atoms with Gasteiger partial charge in [-0.3, -0.25) is 14.2 Å². The molecule has 0 unspecified atom stereocenters. The molecule has 0 aliphatic carbocycles. The molecule has 2 heterocycles. The fourth-order valence-corrected chi connectivity index (χ4v) is 3.25. The highest BCUT2D eigenvalue weighted by Crippen LogP contribution is 2.15. The Morgan fingerprint density at radius 3 is 2.54 bits per heavy atom. The van der Waals surface area contributed by atoms with Gasteiger partial charge in [-0.2, -0.15) is 0 Å². The Kier molecular flexibility index (Phi) is 4.94. The molecule has 0 radical (unpaired) electrons. The van der Waals surface area contributed by atoms with E-state index in [4.69, 9.17) is 0 Å². The summed E-state index contributed by atoms with van der Waals surface area (Å²) >= 11 is 1.23. The lowest BCUT2D eigenvalue weighted by atomic mass is 10.1. The van der Waals surface area contributed by atoms with Crippen LogP contribution in [0.15, 0.2) is 41.3 Å². The first-order valence-corrected chi connectivity index (χ1v) is 8.67. The molecule has 6 nitrogen and oxygen atoms in total. The standard InChI is InChI=1S/C18H17FN4O2S/c1-11-8-9-23(14-6-4-13(19)5-7-14)18(25)16(11)17(24)22(3)10-15-12(2)20-21-26-15/h4-9H,10H2,1-3H3. The van der Waals surface area contributed by atoms with Crippen LogP contribution in [0.4, 0.5) is 4.39 Å². The van der Waals surface area contributed by atoms with E-state index in [0.29, 0.717) is 17.8 Å². The maximum absolute atomic E-state index is 13.1. The van der Waals surface area contributed by atoms with Gasteiger partial charge in [-0.15, -0.1) is 5.10 Å². The minimum Gasteiger partial charge on any atom is -0.336 e. The maximum atomic E-state index is 13.1. The molecule has 134 valence electrons. The lowest BCUT2D eigenvalue weighted by Crippen LogP contribution is -2.34. The Bertz CT molecular complexity index is 1010. The number of nitrogens with zero attached hydrogens (tertiary/aromatic N) is 4. The lowest BCUT2D eigenvalue weighted by Gasteiger charge is -2.18. The zero-order chi connectivity index (χ0) is 18.8. The quantitative estimate of drug-likeness (QED) is 0.706. The van der Waals surface area contributed by atoms with Crippen molar-refractivity contribution >= 4 is 17.4 Å². The summed E-state index contributed by atoms with van der Waals surface area (Å²) in [5.41, 5.74) is 1.50. The Morgan fingerprint density at radius 1 is 1.23 bits per heavy atom. The minimum atomic E-state index is -0.437. The molecule has 0 aliphatic heterocycles. The Balaban J connectivity index is 1.97. The van der Waals surface area contributed by atoms with E-state index in [-0.39, 0.29) is 11.5 Å². The van der Waals surface area contributed by atoms with Crippen LogP contribution in [0.1, 0.15) is 26.5 Å². The number of carbonyl (C=O) groups excluding carboxylic acids is 1. The topological polar surface area (TPSA) is 68.1 Å². The molecule has 1 aromatic carbocycles. The number of rotatable bonds is 4. The Labute approximate surface area is 153 Å². The molecule has 3 aromatic rings. The summed E-state index contributed by atoms with van der Waals surface area (Å²) in [7, 11) is 1.63. The molecule has 1 amide bonds. The summed E-state index contributed by atoms with van der Waals surface area (Å²) in [4.78, 5) is 28.1. The average Bonchev–Trinajstić information content (AvgIpc) is 3.01. The third-order valence-corrected chi connectivity index (χ3v) is 4.90. The highest BCUT2D eigenvalue weighted by Gasteiger charge is 2.21. The van der Waals surface area contributed by atoms with E-state index < -0.39 is 11.4 Å². The van der Waals surface area contributed by atoms with Crippen molar-refractivity contribution in [3.05, 3.63) is 74.4 Å². The van der Waals surface area contributed by atoms with E-state index in [0.717, 1.165) is 10.6 Å². The van der Waals surface area contributed by atoms with Gasteiger partial charge in [-0.1, -0.05) is 4.49 Å². The molecule has 3 rings (SSSR count). The third-order valence-electron chi connectivity index (χ3n) is 4.09. The molecule has 0 saturated heterocycles. The van der Waals surface area contributed by atoms with Crippen LogP contribution in [0.3, 0.4) is 0 Å². The van der Waals surface area contributed by atoms with Gasteiger partial charge in [-0.05, 0) is 61.3 Å². The number of benzene rings is 1. The zero-order valence-electron chi connectivity index (χ0n) is 14.6. The normalized spacial score (nSPS) is 10.8. The lowest BCUT2D eigenvalue weighted by molar-refractivity contribution is 0.0783. The summed E-state index contributed by atoms with van der Waals surface area (Å²) in [6, 6.07) is 7.24. The second-order valence-electron chi connectivity index (χ2n) is 5.97. The number of pyridine rings is 1. The molecule has 0 fully saturated rings. The van der Waals surface area contributed by atoms with Crippen molar-refractivity contribution in [2.45, 2.75) is 20.4 Å². The second-order valence-corrected chi connectivity index (χ2v) is 6.81. The molecule has 2 aromatic heterocycles. The molecular formula is C18H17FN4O2S. The van der Waals surface area contributed by atoms with E-state index in [9.17, 15) is 14.0 Å². The molecule has 8 heteroatoms. The number of carbonyl (C=O) groups is 1. The predicted octanol–water partition coefficient (Wildman–Crippen LogP) is 2.72. The van der Waals surface area contributed by atoms with Crippen LogP contribution in [-0.2, 0) is 6.54 Å². The number of amides is 1. The van der Waals surface area contributed by atoms with Crippen molar-refractivity contribution < 1.29 is 9.18 Å². The van der Waals surface area contributed by atoms with Crippen molar-refractivity contribution in [2.24, 2.45) is 0 Å². The van der Waals surface area contributed by atoms with Gasteiger partial charge in [0.1, 0.15) is 11.4 Å². The van der Waals surface area contributed by atoms with E-state index in [2.05, 4.69) is 9.59 Å². The van der Waals surface area contributed by atoms with Crippen LogP contribution >= 0.6 is 11.5 Å². The number of hydrogen-bond acceptors (Lipinski definition) is 5. The Hall–Kier alpha value is -2.87. The highest BCUT2D eigenvalue weighted by molar-refractivity contribution is 7.05. The first-order valence-electron chi connectivity index (χ1n) is 7.90. The molecule has 0 spiro atoms. The first-order chi connectivity index (χ1) is 12.4. The monoisotopic (exact) mass is 372 g/mol. The summed E-state index contributed by atoms with van der Waals surface area (Å²) in [6.07, 6.45) is 1.58. The van der Waals surface area contributed by atoms with Gasteiger partial charge in [0.25, 0.3) is 11.5 Å². The van der Waals surface area contributed by atoms with Crippen molar-refractivity contribution in [1.29, 1.82) is 0 Å². The van der Waals surface area contributed by atoms with E-state index in [1.165, 1.54) is 45.3 Å². The number of hydrogen-bond donors (Lipinski definition) is 0. The summed E-state index contributed by atoms with van der Waals surface area (Å²) < 4.78 is 18.3. The van der Waals surface area contributed by atoms with Crippen LogP contribution in [-0.4, -0.2) is 32.0 Å². The fourth-order valence-electron chi connectivity index (χ4n) is 2.57. The van der Waals surface area contributed by atoms with Gasteiger partial charge in [0.05, 0.1) is 17.1 Å².